The van der Waals surface area contributed by atoms with Crippen LogP contribution >= 0.6 is 11.3 Å². The highest BCUT2D eigenvalue weighted by Gasteiger charge is 2.21. The molecule has 1 aliphatic carbocycles. The van der Waals surface area contributed by atoms with E-state index in [9.17, 15) is 4.79 Å². The summed E-state index contributed by atoms with van der Waals surface area (Å²) in [5.74, 6) is 0.672. The van der Waals surface area contributed by atoms with E-state index < -0.39 is 0 Å². The van der Waals surface area contributed by atoms with E-state index in [0.29, 0.717) is 5.92 Å². The number of carbonyl (C=O) groups excluding carboxylic acids is 1. The van der Waals surface area contributed by atoms with Gasteiger partial charge in [-0.15, -0.1) is 11.3 Å². The minimum absolute atomic E-state index is 0.0479. The largest absolute Gasteiger partial charge is 0.352 e. The minimum Gasteiger partial charge on any atom is -0.352 e. The van der Waals surface area contributed by atoms with Crippen LogP contribution in [0.3, 0.4) is 0 Å². The van der Waals surface area contributed by atoms with Gasteiger partial charge in [-0.1, -0.05) is 39.5 Å². The summed E-state index contributed by atoms with van der Waals surface area (Å²) in [5.41, 5.74) is 5.97. The Hall–Kier alpha value is -2.47. The first-order chi connectivity index (χ1) is 16.1. The van der Waals surface area contributed by atoms with E-state index in [4.69, 9.17) is 4.98 Å². The molecule has 1 aliphatic rings. The van der Waals surface area contributed by atoms with Gasteiger partial charge in [0, 0.05) is 41.6 Å². The third-order valence-corrected chi connectivity index (χ3v) is 7.71. The zero-order valence-electron chi connectivity index (χ0n) is 20.2. The number of hydrogen-bond donors (Lipinski definition) is 1. The molecule has 0 spiro atoms. The maximum atomic E-state index is 13.1. The van der Waals surface area contributed by atoms with Crippen molar-refractivity contribution < 1.29 is 4.79 Å². The van der Waals surface area contributed by atoms with Gasteiger partial charge in [0.15, 0.2) is 0 Å². The number of pyridine rings is 1. The number of carbonyl (C=O) groups is 1. The Morgan fingerprint density at radius 3 is 2.79 bits per heavy atom. The second kappa shape index (κ2) is 11.1. The van der Waals surface area contributed by atoms with Gasteiger partial charge in [0.2, 0.25) is 0 Å². The quantitative estimate of drug-likeness (QED) is 0.385. The number of aryl methyl sites for hydroxylation is 1. The third kappa shape index (κ3) is 5.55. The standard InChI is InChI=1S/C27H36N4OS/c1-4-6-14-31-19(3)23(26(32)29-17-20-10-8-7-9-11-20)16-25(31)24-18-33-27(30-24)21-12-13-28-22(5-2)15-21/h12-13,15-16,18,20H,4-11,14,17H2,1-3H3,(H,29,32). The van der Waals surface area contributed by atoms with Crippen molar-refractivity contribution in [2.24, 2.45) is 5.92 Å². The van der Waals surface area contributed by atoms with E-state index in [1.54, 1.807) is 11.3 Å². The number of aromatic nitrogens is 3. The molecular formula is C27H36N4OS. The summed E-state index contributed by atoms with van der Waals surface area (Å²) in [7, 11) is 0. The van der Waals surface area contributed by atoms with Crippen LogP contribution in [-0.4, -0.2) is 27.0 Å². The molecule has 3 aromatic heterocycles. The Balaban J connectivity index is 1.59. The highest BCUT2D eigenvalue weighted by Crippen LogP contribution is 2.32. The van der Waals surface area contributed by atoms with Crippen LogP contribution < -0.4 is 5.32 Å². The lowest BCUT2D eigenvalue weighted by molar-refractivity contribution is 0.0943. The van der Waals surface area contributed by atoms with Gasteiger partial charge < -0.3 is 9.88 Å². The molecular weight excluding hydrogens is 428 g/mol. The molecule has 0 aliphatic heterocycles. The molecule has 5 nitrogen and oxygen atoms in total. The van der Waals surface area contributed by atoms with Crippen molar-refractivity contribution in [1.29, 1.82) is 0 Å². The van der Waals surface area contributed by atoms with Crippen LogP contribution in [0.15, 0.2) is 29.8 Å². The van der Waals surface area contributed by atoms with Crippen molar-refractivity contribution in [3.8, 4) is 22.0 Å². The number of rotatable bonds is 9. The van der Waals surface area contributed by atoms with Crippen LogP contribution in [0.1, 0.15) is 80.5 Å². The Labute approximate surface area is 201 Å². The van der Waals surface area contributed by atoms with E-state index in [1.807, 2.05) is 18.3 Å². The summed E-state index contributed by atoms with van der Waals surface area (Å²) in [6.45, 7) is 8.07. The van der Waals surface area contributed by atoms with Crippen molar-refractivity contribution in [2.75, 3.05) is 6.54 Å². The van der Waals surface area contributed by atoms with Crippen molar-refractivity contribution >= 4 is 17.2 Å². The van der Waals surface area contributed by atoms with Crippen LogP contribution in [0.2, 0.25) is 0 Å². The Morgan fingerprint density at radius 2 is 2.03 bits per heavy atom. The van der Waals surface area contributed by atoms with Crippen LogP contribution in [0.25, 0.3) is 22.0 Å². The summed E-state index contributed by atoms with van der Waals surface area (Å²) >= 11 is 1.65. The third-order valence-electron chi connectivity index (χ3n) is 6.81. The molecule has 1 amide bonds. The van der Waals surface area contributed by atoms with Gasteiger partial charge in [0.1, 0.15) is 5.01 Å². The van der Waals surface area contributed by atoms with Gasteiger partial charge in [0.25, 0.3) is 5.91 Å². The SMILES string of the molecule is CCCCn1c(-c2csc(-c3ccnc(CC)c3)n2)cc(C(=O)NCC2CCCCC2)c1C. The highest BCUT2D eigenvalue weighted by molar-refractivity contribution is 7.13. The fourth-order valence-corrected chi connectivity index (χ4v) is 5.55. The van der Waals surface area contributed by atoms with Crippen molar-refractivity contribution in [2.45, 2.75) is 78.7 Å². The van der Waals surface area contributed by atoms with Crippen LogP contribution in [0.5, 0.6) is 0 Å². The number of thiazole rings is 1. The Kier molecular flexibility index (Phi) is 7.97. The lowest BCUT2D eigenvalue weighted by atomic mass is 9.89. The lowest BCUT2D eigenvalue weighted by Crippen LogP contribution is -2.30. The van der Waals surface area contributed by atoms with Gasteiger partial charge in [-0.25, -0.2) is 4.98 Å². The Bertz CT molecular complexity index is 1080. The number of hydrogen-bond acceptors (Lipinski definition) is 4. The summed E-state index contributed by atoms with van der Waals surface area (Å²) in [4.78, 5) is 22.5. The summed E-state index contributed by atoms with van der Waals surface area (Å²) in [5, 5.41) is 6.33. The van der Waals surface area contributed by atoms with Gasteiger partial charge in [-0.2, -0.15) is 0 Å². The second-order valence-corrected chi connectivity index (χ2v) is 10.0. The molecule has 0 bridgehead atoms. The first-order valence-electron chi connectivity index (χ1n) is 12.5. The number of nitrogens with one attached hydrogen (secondary N) is 1. The molecule has 0 radical (unpaired) electrons. The number of amides is 1. The van der Waals surface area contributed by atoms with Crippen LogP contribution in [-0.2, 0) is 13.0 Å². The topological polar surface area (TPSA) is 59.8 Å². The second-order valence-electron chi connectivity index (χ2n) is 9.18. The molecule has 176 valence electrons. The van der Waals surface area contributed by atoms with Crippen molar-refractivity contribution in [3.63, 3.8) is 0 Å². The molecule has 3 heterocycles. The maximum Gasteiger partial charge on any atom is 0.253 e. The zero-order chi connectivity index (χ0) is 23.2. The van der Waals surface area contributed by atoms with Crippen LogP contribution in [0.4, 0.5) is 0 Å². The normalized spacial score (nSPS) is 14.5. The fourth-order valence-electron chi connectivity index (χ4n) is 4.74. The highest BCUT2D eigenvalue weighted by atomic mass is 32.1. The van der Waals surface area contributed by atoms with E-state index in [0.717, 1.165) is 71.3 Å². The minimum atomic E-state index is 0.0479. The molecule has 6 heteroatoms. The van der Waals surface area contributed by atoms with Crippen LogP contribution in [0, 0.1) is 12.8 Å². The van der Waals surface area contributed by atoms with E-state index in [-0.39, 0.29) is 5.91 Å². The monoisotopic (exact) mass is 464 g/mol. The summed E-state index contributed by atoms with van der Waals surface area (Å²) in [6.07, 6.45) is 11.3. The lowest BCUT2D eigenvalue weighted by Gasteiger charge is -2.21. The predicted molar refractivity (Wildman–Crippen MR) is 137 cm³/mol. The number of unbranched alkanes of at least 4 members (excludes halogenated alkanes) is 1. The summed E-state index contributed by atoms with van der Waals surface area (Å²) in [6, 6.07) is 6.19. The molecule has 0 atom stereocenters. The molecule has 0 aromatic carbocycles. The molecule has 1 saturated carbocycles. The predicted octanol–water partition coefficient (Wildman–Crippen LogP) is 6.65. The van der Waals surface area contributed by atoms with E-state index in [1.165, 1.54) is 32.1 Å². The fraction of sp³-hybridized carbons (Fsp3) is 0.519. The molecule has 3 aromatic rings. The first kappa shape index (κ1) is 23.7. The van der Waals surface area contributed by atoms with Crippen molar-refractivity contribution in [3.05, 3.63) is 46.7 Å². The molecule has 1 fully saturated rings. The molecule has 1 N–H and O–H groups in total. The Morgan fingerprint density at radius 1 is 1.21 bits per heavy atom. The number of nitrogens with zero attached hydrogens (tertiary/aromatic N) is 3. The molecule has 0 saturated heterocycles. The molecule has 4 rings (SSSR count). The maximum absolute atomic E-state index is 13.1. The van der Waals surface area contributed by atoms with Crippen molar-refractivity contribution in [1.82, 2.24) is 19.9 Å². The first-order valence-corrected chi connectivity index (χ1v) is 13.4. The van der Waals surface area contributed by atoms with Gasteiger partial charge in [-0.05, 0) is 56.7 Å². The average Bonchev–Trinajstić information content (AvgIpc) is 3.47. The smallest absolute Gasteiger partial charge is 0.253 e. The average molecular weight is 465 g/mol. The summed E-state index contributed by atoms with van der Waals surface area (Å²) < 4.78 is 2.28. The van der Waals surface area contributed by atoms with Gasteiger partial charge in [0.05, 0.1) is 17.0 Å². The van der Waals surface area contributed by atoms with E-state index >= 15 is 0 Å². The molecule has 33 heavy (non-hydrogen) atoms. The van der Waals surface area contributed by atoms with Gasteiger partial charge in [-0.3, -0.25) is 9.78 Å². The zero-order valence-corrected chi connectivity index (χ0v) is 21.0. The van der Waals surface area contributed by atoms with Gasteiger partial charge >= 0.3 is 0 Å². The van der Waals surface area contributed by atoms with E-state index in [2.05, 4.69) is 47.1 Å². The molecule has 0 unspecified atom stereocenters.